The van der Waals surface area contributed by atoms with E-state index in [1.54, 1.807) is 42.5 Å². The normalized spacial score (nSPS) is 11.5. The van der Waals surface area contributed by atoms with Crippen LogP contribution in [0.4, 0.5) is 0 Å². The summed E-state index contributed by atoms with van der Waals surface area (Å²) >= 11 is 0. The molecule has 26 heavy (non-hydrogen) atoms. The van der Waals surface area contributed by atoms with Crippen molar-refractivity contribution in [3.63, 3.8) is 0 Å². The van der Waals surface area contributed by atoms with E-state index in [0.29, 0.717) is 27.8 Å². The first-order valence-corrected chi connectivity index (χ1v) is 9.36. The van der Waals surface area contributed by atoms with Crippen LogP contribution in [0.3, 0.4) is 0 Å². The Bertz CT molecular complexity index is 1050. The van der Waals surface area contributed by atoms with Crippen molar-refractivity contribution in [2.24, 2.45) is 0 Å². The van der Waals surface area contributed by atoms with Crippen molar-refractivity contribution in [3.8, 4) is 17.2 Å². The number of nitrogens with one attached hydrogen (secondary N) is 1. The average Bonchev–Trinajstić information content (AvgIpc) is 2.65. The van der Waals surface area contributed by atoms with Gasteiger partial charge in [0.05, 0.1) is 19.1 Å². The van der Waals surface area contributed by atoms with Gasteiger partial charge in [-0.05, 0) is 18.2 Å². The molecule has 0 saturated heterocycles. The number of rotatable bonds is 6. The molecule has 0 aromatic heterocycles. The molecule has 0 bridgehead atoms. The fourth-order valence-electron chi connectivity index (χ4n) is 2.84. The molecule has 0 aliphatic rings. The predicted molar refractivity (Wildman–Crippen MR) is 99.2 cm³/mol. The first-order valence-electron chi connectivity index (χ1n) is 7.88. The van der Waals surface area contributed by atoms with E-state index in [0.717, 1.165) is 0 Å². The minimum atomic E-state index is -3.80. The van der Waals surface area contributed by atoms with Gasteiger partial charge in [-0.2, -0.15) is 0 Å². The third-order valence-electron chi connectivity index (χ3n) is 4.09. The molecule has 3 aromatic carbocycles. The molecule has 0 atom stereocenters. The zero-order valence-electron chi connectivity index (χ0n) is 14.4. The third-order valence-corrected chi connectivity index (χ3v) is 5.55. The predicted octanol–water partition coefficient (Wildman–Crippen LogP) is 3.04. The van der Waals surface area contributed by atoms with E-state index in [-0.39, 0.29) is 17.2 Å². The lowest BCUT2D eigenvalue weighted by Crippen LogP contribution is -2.23. The molecule has 0 radical (unpaired) electrons. The van der Waals surface area contributed by atoms with Crippen molar-refractivity contribution in [1.29, 1.82) is 0 Å². The van der Waals surface area contributed by atoms with Crippen molar-refractivity contribution >= 4 is 20.8 Å². The molecule has 6 nitrogen and oxygen atoms in total. The summed E-state index contributed by atoms with van der Waals surface area (Å²) < 4.78 is 38.8. The molecule has 0 saturated carbocycles. The summed E-state index contributed by atoms with van der Waals surface area (Å²) in [7, 11) is -0.778. The molecule has 0 heterocycles. The maximum atomic E-state index is 12.8. The Labute approximate surface area is 152 Å². The highest BCUT2D eigenvalue weighted by molar-refractivity contribution is 7.89. The molecular formula is C19H19NO5S. The Morgan fingerprint density at radius 3 is 2.35 bits per heavy atom. The Kier molecular flexibility index (Phi) is 5.01. The molecule has 3 rings (SSSR count). The van der Waals surface area contributed by atoms with Gasteiger partial charge in [-0.1, -0.05) is 36.4 Å². The molecule has 0 spiro atoms. The Morgan fingerprint density at radius 1 is 0.923 bits per heavy atom. The van der Waals surface area contributed by atoms with Gasteiger partial charge < -0.3 is 14.6 Å². The van der Waals surface area contributed by atoms with Crippen LogP contribution in [0, 0.1) is 0 Å². The number of ether oxygens (including phenoxy) is 2. The van der Waals surface area contributed by atoms with Crippen LogP contribution in [-0.2, 0) is 16.6 Å². The fourth-order valence-corrected chi connectivity index (χ4v) is 4.07. The first kappa shape index (κ1) is 18.0. The Morgan fingerprint density at radius 2 is 1.62 bits per heavy atom. The third kappa shape index (κ3) is 3.31. The Balaban J connectivity index is 1.96. The number of phenolic OH excluding ortho intramolecular Hbond substituents is 1. The maximum Gasteiger partial charge on any atom is 0.241 e. The van der Waals surface area contributed by atoms with E-state index in [9.17, 15) is 13.5 Å². The molecule has 0 unspecified atom stereocenters. The smallest absolute Gasteiger partial charge is 0.241 e. The lowest BCUT2D eigenvalue weighted by molar-refractivity contribution is 0.351. The van der Waals surface area contributed by atoms with Crippen LogP contribution in [0.25, 0.3) is 10.8 Å². The minimum absolute atomic E-state index is 0.0361. The Hall–Kier alpha value is -2.77. The van der Waals surface area contributed by atoms with Crippen LogP contribution in [0.1, 0.15) is 5.56 Å². The number of hydrogen-bond donors (Lipinski definition) is 2. The topological polar surface area (TPSA) is 84.9 Å². The number of methoxy groups -OCH3 is 2. The molecule has 0 amide bonds. The van der Waals surface area contributed by atoms with Crippen LogP contribution < -0.4 is 14.2 Å². The van der Waals surface area contributed by atoms with Crippen LogP contribution in [0.2, 0.25) is 0 Å². The average molecular weight is 373 g/mol. The molecule has 0 aliphatic heterocycles. The van der Waals surface area contributed by atoms with E-state index < -0.39 is 10.0 Å². The van der Waals surface area contributed by atoms with E-state index in [2.05, 4.69) is 4.72 Å². The lowest BCUT2D eigenvalue weighted by Gasteiger charge is -2.14. The zero-order chi connectivity index (χ0) is 18.7. The highest BCUT2D eigenvalue weighted by Crippen LogP contribution is 2.32. The minimum Gasteiger partial charge on any atom is -0.507 e. The zero-order valence-corrected chi connectivity index (χ0v) is 15.2. The summed E-state index contributed by atoms with van der Waals surface area (Å²) in [5.74, 6) is 1.04. The van der Waals surface area contributed by atoms with E-state index in [1.807, 2.05) is 0 Å². The molecule has 0 aliphatic carbocycles. The monoisotopic (exact) mass is 373 g/mol. The number of hydrogen-bond acceptors (Lipinski definition) is 5. The van der Waals surface area contributed by atoms with Gasteiger partial charge in [0.1, 0.15) is 5.75 Å². The summed E-state index contributed by atoms with van der Waals surface area (Å²) in [4.78, 5) is 0.104. The van der Waals surface area contributed by atoms with Crippen LogP contribution in [-0.4, -0.2) is 27.7 Å². The maximum absolute atomic E-state index is 12.8. The summed E-state index contributed by atoms with van der Waals surface area (Å²) in [5, 5.41) is 10.9. The van der Waals surface area contributed by atoms with Crippen molar-refractivity contribution in [3.05, 3.63) is 60.2 Å². The van der Waals surface area contributed by atoms with Crippen LogP contribution in [0.15, 0.2) is 59.5 Å². The number of phenols is 1. The van der Waals surface area contributed by atoms with Gasteiger partial charge in [-0.25, -0.2) is 13.1 Å². The number of fused-ring (bicyclic) bond motifs is 1. The van der Waals surface area contributed by atoms with E-state index >= 15 is 0 Å². The summed E-state index contributed by atoms with van der Waals surface area (Å²) in [5.41, 5.74) is 0.651. The molecule has 0 fully saturated rings. The second-order valence-electron chi connectivity index (χ2n) is 5.61. The van der Waals surface area contributed by atoms with Crippen molar-refractivity contribution in [1.82, 2.24) is 4.72 Å². The fraction of sp³-hybridized carbons (Fsp3) is 0.158. The number of sulfonamides is 1. The highest BCUT2D eigenvalue weighted by Gasteiger charge is 2.19. The van der Waals surface area contributed by atoms with Crippen molar-refractivity contribution < 1.29 is 23.0 Å². The molecule has 2 N–H and O–H groups in total. The largest absolute Gasteiger partial charge is 0.507 e. The van der Waals surface area contributed by atoms with Gasteiger partial charge >= 0.3 is 0 Å². The van der Waals surface area contributed by atoms with Gasteiger partial charge in [-0.15, -0.1) is 0 Å². The second-order valence-corrected chi connectivity index (χ2v) is 7.34. The van der Waals surface area contributed by atoms with Gasteiger partial charge in [0.25, 0.3) is 0 Å². The van der Waals surface area contributed by atoms with Gasteiger partial charge in [0.2, 0.25) is 10.0 Å². The summed E-state index contributed by atoms with van der Waals surface area (Å²) in [6, 6.07) is 14.8. The SMILES string of the molecule is COc1cccc(CNS(=O)(=O)c2cccc3c(O)cccc23)c1OC. The molecule has 136 valence electrons. The number of para-hydroxylation sites is 1. The molecule has 7 heteroatoms. The quantitative estimate of drug-likeness (QED) is 0.694. The van der Waals surface area contributed by atoms with E-state index in [1.165, 1.54) is 26.4 Å². The highest BCUT2D eigenvalue weighted by atomic mass is 32.2. The van der Waals surface area contributed by atoms with Crippen LogP contribution >= 0.6 is 0 Å². The molecular weight excluding hydrogens is 354 g/mol. The van der Waals surface area contributed by atoms with Crippen LogP contribution in [0.5, 0.6) is 17.2 Å². The summed E-state index contributed by atoms with van der Waals surface area (Å²) in [6.45, 7) is 0.0396. The lowest BCUT2D eigenvalue weighted by atomic mass is 10.1. The second kappa shape index (κ2) is 7.23. The van der Waals surface area contributed by atoms with Crippen molar-refractivity contribution in [2.45, 2.75) is 11.4 Å². The van der Waals surface area contributed by atoms with E-state index in [4.69, 9.17) is 9.47 Å². The first-order chi connectivity index (χ1) is 12.5. The number of aromatic hydroxyl groups is 1. The van der Waals surface area contributed by atoms with Gasteiger partial charge in [0.15, 0.2) is 11.5 Å². The summed E-state index contributed by atoms with van der Waals surface area (Å²) in [6.07, 6.45) is 0. The van der Waals surface area contributed by atoms with Gasteiger partial charge in [-0.3, -0.25) is 0 Å². The van der Waals surface area contributed by atoms with Crippen molar-refractivity contribution in [2.75, 3.05) is 14.2 Å². The standard InChI is InChI=1S/C19H19NO5S/c1-24-17-10-3-6-13(19(17)25-2)12-20-26(22,23)18-11-5-7-14-15(18)8-4-9-16(14)21/h3-11,20-21H,12H2,1-2H3. The van der Waals surface area contributed by atoms with Gasteiger partial charge in [0, 0.05) is 22.9 Å². The number of benzene rings is 3. The molecule has 3 aromatic rings.